The van der Waals surface area contributed by atoms with Gasteiger partial charge in [0.15, 0.2) is 5.82 Å². The molecule has 2 N–H and O–H groups in total. The number of benzene rings is 1. The maximum Gasteiger partial charge on any atom is 0.273 e. The Morgan fingerprint density at radius 1 is 1.38 bits per heavy atom. The zero-order valence-corrected chi connectivity index (χ0v) is 15.1. The lowest BCUT2D eigenvalue weighted by molar-refractivity contribution is 0.486. The quantitative estimate of drug-likeness (QED) is 0.740. The summed E-state index contributed by atoms with van der Waals surface area (Å²) < 4.78 is 25.7. The number of hydrogen-bond acceptors (Lipinski definition) is 4. The summed E-state index contributed by atoms with van der Waals surface area (Å²) in [5.41, 5.74) is 0.728. The Labute approximate surface area is 141 Å². The first-order chi connectivity index (χ1) is 9.70. The molecular formula is C12H14ClIN4O2S. The van der Waals surface area contributed by atoms with Crippen molar-refractivity contribution in [2.24, 2.45) is 11.1 Å². The summed E-state index contributed by atoms with van der Waals surface area (Å²) in [7, 11) is -3.94. The molecule has 0 saturated carbocycles. The van der Waals surface area contributed by atoms with E-state index in [1.165, 1.54) is 4.57 Å². The Balaban J connectivity index is 2.69. The van der Waals surface area contributed by atoms with Gasteiger partial charge in [0.1, 0.15) is 0 Å². The Kier molecular flexibility index (Phi) is 4.91. The predicted molar refractivity (Wildman–Crippen MR) is 89.4 cm³/mol. The number of nitrogens with two attached hydrogens (primary N) is 1. The van der Waals surface area contributed by atoms with Gasteiger partial charge in [-0.25, -0.2) is 13.6 Å². The van der Waals surface area contributed by atoms with Gasteiger partial charge in [0.2, 0.25) is 0 Å². The highest BCUT2D eigenvalue weighted by atomic mass is 127. The number of sulfonamides is 1. The molecule has 0 atom stereocenters. The molecule has 0 bridgehead atoms. The van der Waals surface area contributed by atoms with Crippen LogP contribution in [0.2, 0.25) is 5.02 Å². The minimum absolute atomic E-state index is 0.206. The molecule has 0 unspecified atom stereocenters. The van der Waals surface area contributed by atoms with Crippen LogP contribution in [0.3, 0.4) is 0 Å². The van der Waals surface area contributed by atoms with Crippen LogP contribution in [0, 0.1) is 9.49 Å². The van der Waals surface area contributed by atoms with Crippen molar-refractivity contribution in [3.05, 3.63) is 26.8 Å². The molecule has 2 aromatic rings. The van der Waals surface area contributed by atoms with Crippen molar-refractivity contribution in [1.29, 1.82) is 0 Å². The Morgan fingerprint density at radius 3 is 2.62 bits per heavy atom. The van der Waals surface area contributed by atoms with Gasteiger partial charge in [0.25, 0.3) is 15.2 Å². The molecule has 9 heteroatoms. The summed E-state index contributed by atoms with van der Waals surface area (Å²) >= 11 is 8.16. The van der Waals surface area contributed by atoms with Crippen molar-refractivity contribution < 1.29 is 8.42 Å². The van der Waals surface area contributed by atoms with Crippen molar-refractivity contribution in [2.45, 2.75) is 25.5 Å². The van der Waals surface area contributed by atoms with Crippen molar-refractivity contribution in [2.75, 3.05) is 0 Å². The van der Waals surface area contributed by atoms with Gasteiger partial charge in [-0.05, 0) is 46.7 Å². The highest BCUT2D eigenvalue weighted by molar-refractivity contribution is 14.1. The first-order valence-electron chi connectivity index (χ1n) is 6.11. The lowest BCUT2D eigenvalue weighted by atomic mass is 10.2. The monoisotopic (exact) mass is 440 g/mol. The minimum atomic E-state index is -3.94. The number of aromatic nitrogens is 3. The molecule has 21 heavy (non-hydrogen) atoms. The molecule has 0 aliphatic rings. The van der Waals surface area contributed by atoms with Crippen LogP contribution >= 0.6 is 34.2 Å². The minimum Gasteiger partial charge on any atom is -0.296 e. The molecule has 0 radical (unpaired) electrons. The highest BCUT2D eigenvalue weighted by Gasteiger charge is 2.23. The molecule has 114 valence electrons. The van der Waals surface area contributed by atoms with Crippen LogP contribution in [0.25, 0.3) is 11.4 Å². The van der Waals surface area contributed by atoms with Crippen LogP contribution in [-0.2, 0) is 16.6 Å². The largest absolute Gasteiger partial charge is 0.296 e. The third kappa shape index (κ3) is 3.74. The van der Waals surface area contributed by atoms with Crippen LogP contribution in [0.1, 0.15) is 13.8 Å². The summed E-state index contributed by atoms with van der Waals surface area (Å²) in [6.07, 6.45) is 0. The number of rotatable bonds is 4. The maximum atomic E-state index is 11.7. The summed E-state index contributed by atoms with van der Waals surface area (Å²) in [5, 5.41) is 13.3. The van der Waals surface area contributed by atoms with E-state index < -0.39 is 10.0 Å². The van der Waals surface area contributed by atoms with E-state index in [9.17, 15) is 8.42 Å². The first kappa shape index (κ1) is 16.7. The van der Waals surface area contributed by atoms with E-state index in [2.05, 4.69) is 32.8 Å². The number of primary sulfonamides is 1. The second kappa shape index (κ2) is 6.19. The fourth-order valence-electron chi connectivity index (χ4n) is 1.90. The van der Waals surface area contributed by atoms with Crippen LogP contribution in [0.5, 0.6) is 0 Å². The topological polar surface area (TPSA) is 90.9 Å². The summed E-state index contributed by atoms with van der Waals surface area (Å²) in [5.74, 6) is 0.650. The third-order valence-corrected chi connectivity index (χ3v) is 4.68. The van der Waals surface area contributed by atoms with Crippen LogP contribution in [-0.4, -0.2) is 23.2 Å². The molecule has 0 aliphatic carbocycles. The smallest absolute Gasteiger partial charge is 0.273 e. The van der Waals surface area contributed by atoms with Gasteiger partial charge in [-0.1, -0.05) is 25.4 Å². The summed E-state index contributed by atoms with van der Waals surface area (Å²) in [4.78, 5) is 0. The van der Waals surface area contributed by atoms with Gasteiger partial charge in [-0.15, -0.1) is 10.2 Å². The lowest BCUT2D eigenvalue weighted by Crippen LogP contribution is -2.20. The van der Waals surface area contributed by atoms with E-state index in [0.717, 1.165) is 9.13 Å². The molecule has 0 aliphatic heterocycles. The van der Waals surface area contributed by atoms with Crippen molar-refractivity contribution in [3.63, 3.8) is 0 Å². The van der Waals surface area contributed by atoms with Crippen molar-refractivity contribution >= 4 is 44.2 Å². The van der Waals surface area contributed by atoms with Gasteiger partial charge in [0, 0.05) is 20.7 Å². The number of nitrogens with zero attached hydrogens (tertiary/aromatic N) is 3. The van der Waals surface area contributed by atoms with Gasteiger partial charge in [-0.2, -0.15) is 0 Å². The summed E-state index contributed by atoms with van der Waals surface area (Å²) in [6, 6.07) is 5.33. The number of halogens is 2. The molecule has 0 spiro atoms. The highest BCUT2D eigenvalue weighted by Crippen LogP contribution is 2.28. The average molecular weight is 441 g/mol. The van der Waals surface area contributed by atoms with E-state index in [-0.39, 0.29) is 11.1 Å². The normalized spacial score (nSPS) is 12.1. The molecule has 1 heterocycles. The lowest BCUT2D eigenvalue weighted by Gasteiger charge is -2.12. The second-order valence-corrected chi connectivity index (χ2v) is 8.03. The SMILES string of the molecule is CC(C)Cn1c(-c2cc(Cl)ccc2I)nnc1S(N)(=O)=O. The molecule has 0 saturated heterocycles. The zero-order valence-electron chi connectivity index (χ0n) is 11.4. The average Bonchev–Trinajstić information content (AvgIpc) is 2.74. The third-order valence-electron chi connectivity index (χ3n) is 2.69. The zero-order chi connectivity index (χ0) is 15.8. The molecule has 2 rings (SSSR count). The fraction of sp³-hybridized carbons (Fsp3) is 0.333. The van der Waals surface area contributed by atoms with Gasteiger partial charge in [-0.3, -0.25) is 4.57 Å². The van der Waals surface area contributed by atoms with Crippen LogP contribution in [0.15, 0.2) is 23.4 Å². The van der Waals surface area contributed by atoms with E-state index in [4.69, 9.17) is 16.7 Å². The van der Waals surface area contributed by atoms with Crippen molar-refractivity contribution in [1.82, 2.24) is 14.8 Å². The van der Waals surface area contributed by atoms with Gasteiger partial charge >= 0.3 is 0 Å². The van der Waals surface area contributed by atoms with Gasteiger partial charge < -0.3 is 0 Å². The standard InChI is InChI=1S/C12H14ClIN4O2S/c1-7(2)6-18-11(16-17-12(18)21(15,19)20)9-5-8(13)3-4-10(9)14/h3-5,7H,6H2,1-2H3,(H2,15,19,20). The molecule has 0 fully saturated rings. The summed E-state index contributed by atoms with van der Waals surface area (Å²) in [6.45, 7) is 4.38. The van der Waals surface area contributed by atoms with Crippen LogP contribution in [0.4, 0.5) is 0 Å². The Bertz CT molecular complexity index is 774. The first-order valence-corrected chi connectivity index (χ1v) is 9.12. The molecule has 6 nitrogen and oxygen atoms in total. The van der Waals surface area contributed by atoms with E-state index in [1.54, 1.807) is 12.1 Å². The van der Waals surface area contributed by atoms with E-state index in [1.807, 2.05) is 19.9 Å². The fourth-order valence-corrected chi connectivity index (χ4v) is 3.27. The Morgan fingerprint density at radius 2 is 2.05 bits per heavy atom. The van der Waals surface area contributed by atoms with Crippen LogP contribution < -0.4 is 5.14 Å². The predicted octanol–water partition coefficient (Wildman–Crippen LogP) is 2.51. The maximum absolute atomic E-state index is 11.7. The number of hydrogen-bond donors (Lipinski definition) is 1. The molecule has 1 aromatic heterocycles. The molecular weight excluding hydrogens is 427 g/mol. The molecule has 1 aromatic carbocycles. The Hall–Kier alpha value is -0.710. The van der Waals surface area contributed by atoms with E-state index >= 15 is 0 Å². The van der Waals surface area contributed by atoms with E-state index in [0.29, 0.717) is 17.4 Å². The molecule has 0 amide bonds. The van der Waals surface area contributed by atoms with Gasteiger partial charge in [0.05, 0.1) is 0 Å². The van der Waals surface area contributed by atoms with Crippen molar-refractivity contribution in [3.8, 4) is 11.4 Å². The second-order valence-electron chi connectivity index (χ2n) is 4.98.